The second-order valence-corrected chi connectivity index (χ2v) is 3.56. The Morgan fingerprint density at radius 3 is 2.81 bits per heavy atom. The second kappa shape index (κ2) is 6.07. The van der Waals surface area contributed by atoms with Gasteiger partial charge in [-0.25, -0.2) is 9.78 Å². The Balaban J connectivity index is 2.40. The number of rotatable bonds is 6. The van der Waals surface area contributed by atoms with Crippen LogP contribution in [-0.2, 0) is 0 Å². The molecule has 0 aliphatic heterocycles. The minimum Gasteiger partial charge on any atom is -0.477 e. The zero-order valence-corrected chi connectivity index (χ0v) is 9.60. The summed E-state index contributed by atoms with van der Waals surface area (Å²) in [4.78, 5) is 16.6. The third-order valence-electron chi connectivity index (χ3n) is 2.35. The Morgan fingerprint density at radius 2 is 2.31 bits per heavy atom. The van der Waals surface area contributed by atoms with Crippen LogP contribution >= 0.6 is 0 Å². The molecule has 16 heavy (non-hydrogen) atoms. The van der Waals surface area contributed by atoms with Crippen LogP contribution in [0.3, 0.4) is 0 Å². The number of aromatic carboxylic acids is 1. The Hall–Kier alpha value is -1.62. The molecule has 0 saturated heterocycles. The first-order valence-electron chi connectivity index (χ1n) is 5.25. The molecule has 0 saturated carbocycles. The molecule has 0 aliphatic carbocycles. The molecule has 5 nitrogen and oxygen atoms in total. The highest BCUT2D eigenvalue weighted by atomic mass is 16.4. The molecule has 0 spiro atoms. The Labute approximate surface area is 95.1 Å². The standard InChI is InChI=1S/C11H17N3O2/c1-3-14(2)7-6-12-9-4-5-10(11(15)16)13-8-9/h4-5,8,12H,3,6-7H2,1-2H3,(H,15,16). The van der Waals surface area contributed by atoms with Gasteiger partial charge in [0, 0.05) is 13.1 Å². The fourth-order valence-corrected chi connectivity index (χ4v) is 1.17. The van der Waals surface area contributed by atoms with E-state index in [1.165, 1.54) is 12.3 Å². The van der Waals surface area contributed by atoms with Gasteiger partial charge in [-0.3, -0.25) is 0 Å². The van der Waals surface area contributed by atoms with Crippen molar-refractivity contribution in [3.05, 3.63) is 24.0 Å². The van der Waals surface area contributed by atoms with Gasteiger partial charge in [-0.05, 0) is 25.7 Å². The topological polar surface area (TPSA) is 65.5 Å². The fraction of sp³-hybridized carbons (Fsp3) is 0.455. The summed E-state index contributed by atoms with van der Waals surface area (Å²) < 4.78 is 0. The Kier molecular flexibility index (Phi) is 4.72. The van der Waals surface area contributed by atoms with E-state index in [4.69, 9.17) is 5.11 Å². The van der Waals surface area contributed by atoms with Crippen LogP contribution in [0.2, 0.25) is 0 Å². The lowest BCUT2D eigenvalue weighted by Gasteiger charge is -2.14. The fourth-order valence-electron chi connectivity index (χ4n) is 1.17. The molecule has 0 aromatic carbocycles. The van der Waals surface area contributed by atoms with Crippen LogP contribution in [0.5, 0.6) is 0 Å². The largest absolute Gasteiger partial charge is 0.477 e. The summed E-state index contributed by atoms with van der Waals surface area (Å²) in [6.07, 6.45) is 1.54. The van der Waals surface area contributed by atoms with Crippen LogP contribution in [0.4, 0.5) is 5.69 Å². The van der Waals surface area contributed by atoms with Crippen LogP contribution in [0, 0.1) is 0 Å². The predicted molar refractivity (Wildman–Crippen MR) is 62.9 cm³/mol. The van der Waals surface area contributed by atoms with E-state index < -0.39 is 5.97 Å². The molecule has 0 fully saturated rings. The molecule has 0 amide bonds. The number of likely N-dealkylation sites (N-methyl/N-ethyl adjacent to an activating group) is 1. The van der Waals surface area contributed by atoms with E-state index in [1.54, 1.807) is 6.07 Å². The quantitative estimate of drug-likeness (QED) is 0.757. The third-order valence-corrected chi connectivity index (χ3v) is 2.35. The molecule has 5 heteroatoms. The van der Waals surface area contributed by atoms with Gasteiger partial charge < -0.3 is 15.3 Å². The van der Waals surface area contributed by atoms with Gasteiger partial charge in [0.25, 0.3) is 0 Å². The van der Waals surface area contributed by atoms with Crippen LogP contribution in [0.25, 0.3) is 0 Å². The van der Waals surface area contributed by atoms with Crippen molar-refractivity contribution in [3.8, 4) is 0 Å². The summed E-state index contributed by atoms with van der Waals surface area (Å²) in [6.45, 7) is 4.87. The van der Waals surface area contributed by atoms with Crippen molar-refractivity contribution in [2.75, 3.05) is 32.0 Å². The van der Waals surface area contributed by atoms with Gasteiger partial charge >= 0.3 is 5.97 Å². The van der Waals surface area contributed by atoms with E-state index in [9.17, 15) is 4.79 Å². The van der Waals surface area contributed by atoms with Crippen molar-refractivity contribution in [1.82, 2.24) is 9.88 Å². The second-order valence-electron chi connectivity index (χ2n) is 3.56. The minimum atomic E-state index is -1.00. The number of anilines is 1. The van der Waals surface area contributed by atoms with Gasteiger partial charge in [0.05, 0.1) is 11.9 Å². The summed E-state index contributed by atoms with van der Waals surface area (Å²) in [5.74, 6) is -1.00. The highest BCUT2D eigenvalue weighted by Gasteiger charge is 2.03. The number of carbonyl (C=O) groups is 1. The molecule has 2 N–H and O–H groups in total. The summed E-state index contributed by atoms with van der Waals surface area (Å²) in [6, 6.07) is 3.22. The highest BCUT2D eigenvalue weighted by molar-refractivity contribution is 5.85. The lowest BCUT2D eigenvalue weighted by atomic mass is 10.3. The molecular formula is C11H17N3O2. The molecule has 1 rings (SSSR count). The van der Waals surface area contributed by atoms with Gasteiger partial charge in [-0.1, -0.05) is 6.92 Å². The smallest absolute Gasteiger partial charge is 0.354 e. The predicted octanol–water partition coefficient (Wildman–Crippen LogP) is 1.14. The molecule has 0 atom stereocenters. The number of carboxylic acid groups (broad SMARTS) is 1. The first-order valence-corrected chi connectivity index (χ1v) is 5.25. The molecular weight excluding hydrogens is 206 g/mol. The molecule has 0 radical (unpaired) electrons. The maximum absolute atomic E-state index is 10.6. The number of carboxylic acids is 1. The van der Waals surface area contributed by atoms with E-state index in [0.29, 0.717) is 0 Å². The zero-order valence-electron chi connectivity index (χ0n) is 9.60. The molecule has 1 aromatic heterocycles. The average molecular weight is 223 g/mol. The van der Waals surface area contributed by atoms with Crippen molar-refractivity contribution >= 4 is 11.7 Å². The molecule has 0 bridgehead atoms. The summed E-state index contributed by atoms with van der Waals surface area (Å²) >= 11 is 0. The van der Waals surface area contributed by atoms with E-state index in [2.05, 4.69) is 22.1 Å². The minimum absolute atomic E-state index is 0.0660. The van der Waals surface area contributed by atoms with Crippen molar-refractivity contribution in [1.29, 1.82) is 0 Å². The summed E-state index contributed by atoms with van der Waals surface area (Å²) in [5, 5.41) is 11.8. The molecule has 0 unspecified atom stereocenters. The molecule has 88 valence electrons. The maximum Gasteiger partial charge on any atom is 0.354 e. The van der Waals surface area contributed by atoms with E-state index in [1.807, 2.05) is 7.05 Å². The van der Waals surface area contributed by atoms with Crippen molar-refractivity contribution < 1.29 is 9.90 Å². The number of pyridine rings is 1. The molecule has 1 heterocycles. The van der Waals surface area contributed by atoms with Crippen LogP contribution in [0.15, 0.2) is 18.3 Å². The van der Waals surface area contributed by atoms with Gasteiger partial charge in [-0.2, -0.15) is 0 Å². The van der Waals surface area contributed by atoms with Crippen molar-refractivity contribution in [3.63, 3.8) is 0 Å². The van der Waals surface area contributed by atoms with Crippen molar-refractivity contribution in [2.45, 2.75) is 6.92 Å². The van der Waals surface area contributed by atoms with Crippen molar-refractivity contribution in [2.24, 2.45) is 0 Å². The lowest BCUT2D eigenvalue weighted by molar-refractivity contribution is 0.0690. The van der Waals surface area contributed by atoms with Gasteiger partial charge in [-0.15, -0.1) is 0 Å². The van der Waals surface area contributed by atoms with Crippen LogP contribution < -0.4 is 5.32 Å². The number of nitrogens with zero attached hydrogens (tertiary/aromatic N) is 2. The van der Waals surface area contributed by atoms with Gasteiger partial charge in [0.15, 0.2) is 0 Å². The SMILES string of the molecule is CCN(C)CCNc1ccc(C(=O)O)nc1. The molecule has 0 aliphatic rings. The first kappa shape index (κ1) is 12.4. The monoisotopic (exact) mass is 223 g/mol. The number of hydrogen-bond donors (Lipinski definition) is 2. The number of nitrogens with one attached hydrogen (secondary N) is 1. The third kappa shape index (κ3) is 3.86. The molecule has 1 aromatic rings. The average Bonchev–Trinajstić information content (AvgIpc) is 2.29. The number of hydrogen-bond acceptors (Lipinski definition) is 4. The Bertz CT molecular complexity index is 338. The van der Waals surface area contributed by atoms with Crippen LogP contribution in [0.1, 0.15) is 17.4 Å². The van der Waals surface area contributed by atoms with E-state index in [-0.39, 0.29) is 5.69 Å². The maximum atomic E-state index is 10.6. The zero-order chi connectivity index (χ0) is 12.0. The lowest BCUT2D eigenvalue weighted by Crippen LogP contribution is -2.24. The van der Waals surface area contributed by atoms with Crippen LogP contribution in [-0.4, -0.2) is 47.6 Å². The van der Waals surface area contributed by atoms with Gasteiger partial charge in [0.2, 0.25) is 0 Å². The number of aromatic nitrogens is 1. The normalized spacial score (nSPS) is 10.4. The summed E-state index contributed by atoms with van der Waals surface area (Å²) in [7, 11) is 2.05. The first-order chi connectivity index (χ1) is 7.63. The van der Waals surface area contributed by atoms with E-state index in [0.717, 1.165) is 25.3 Å². The van der Waals surface area contributed by atoms with E-state index >= 15 is 0 Å². The Morgan fingerprint density at radius 1 is 1.56 bits per heavy atom. The summed E-state index contributed by atoms with van der Waals surface area (Å²) in [5.41, 5.74) is 0.908. The van der Waals surface area contributed by atoms with Gasteiger partial charge in [0.1, 0.15) is 5.69 Å². The highest BCUT2D eigenvalue weighted by Crippen LogP contribution is 2.05.